The molecule has 0 radical (unpaired) electrons. The van der Waals surface area contributed by atoms with Crippen LogP contribution in [0.25, 0.3) is 0 Å². The lowest BCUT2D eigenvalue weighted by Crippen LogP contribution is -2.43. The van der Waals surface area contributed by atoms with Gasteiger partial charge in [-0.2, -0.15) is 0 Å². The molecular weight excluding hydrogens is 298 g/mol. The van der Waals surface area contributed by atoms with Gasteiger partial charge in [-0.15, -0.1) is 0 Å². The van der Waals surface area contributed by atoms with Crippen molar-refractivity contribution in [2.45, 2.75) is 58.0 Å². The molecule has 1 fully saturated rings. The minimum absolute atomic E-state index is 0.687. The first-order valence-electron chi connectivity index (χ1n) is 7.67. The second kappa shape index (κ2) is 5.57. The van der Waals surface area contributed by atoms with E-state index in [1.54, 1.807) is 11.1 Å². The zero-order valence-corrected chi connectivity index (χ0v) is 13.5. The Hall–Kier alpha value is -0.340. The van der Waals surface area contributed by atoms with Crippen molar-refractivity contribution in [1.29, 1.82) is 0 Å². The number of hydrogen-bond donors (Lipinski definition) is 1. The monoisotopic (exact) mass is 321 g/mol. The lowest BCUT2D eigenvalue weighted by atomic mass is 9.87. The van der Waals surface area contributed by atoms with Crippen molar-refractivity contribution in [3.8, 4) is 0 Å². The van der Waals surface area contributed by atoms with Crippen LogP contribution in [0.5, 0.6) is 0 Å². The van der Waals surface area contributed by atoms with Gasteiger partial charge in [0.05, 0.1) is 0 Å². The van der Waals surface area contributed by atoms with E-state index < -0.39 is 0 Å². The first-order chi connectivity index (χ1) is 9.13. The Kier molecular flexibility index (Phi) is 4.00. The fourth-order valence-corrected chi connectivity index (χ4v) is 4.18. The summed E-state index contributed by atoms with van der Waals surface area (Å²) < 4.78 is 1.22. The molecule has 0 amide bonds. The largest absolute Gasteiger partial charge is 0.311 e. The second-order valence-corrected chi connectivity index (χ2v) is 7.46. The molecule has 19 heavy (non-hydrogen) atoms. The molecular formula is C17H24BrN. The summed E-state index contributed by atoms with van der Waals surface area (Å²) in [5.41, 5.74) is 3.09. The summed E-state index contributed by atoms with van der Waals surface area (Å²) in [6, 6.07) is 8.21. The van der Waals surface area contributed by atoms with Gasteiger partial charge in [-0.1, -0.05) is 35.8 Å². The second-order valence-electron chi connectivity index (χ2n) is 6.54. The van der Waals surface area contributed by atoms with E-state index in [9.17, 15) is 0 Å². The third-order valence-electron chi connectivity index (χ3n) is 5.31. The molecule has 4 atom stereocenters. The third-order valence-corrected chi connectivity index (χ3v) is 5.81. The quantitative estimate of drug-likeness (QED) is 0.854. The third kappa shape index (κ3) is 2.90. The van der Waals surface area contributed by atoms with Gasteiger partial charge in [0, 0.05) is 16.6 Å². The maximum Gasteiger partial charge on any atom is 0.0178 e. The zero-order valence-electron chi connectivity index (χ0n) is 12.0. The summed E-state index contributed by atoms with van der Waals surface area (Å²) >= 11 is 3.58. The minimum atomic E-state index is 0.687. The molecule has 0 spiro atoms. The van der Waals surface area contributed by atoms with Crippen LogP contribution in [0.3, 0.4) is 0 Å². The van der Waals surface area contributed by atoms with E-state index >= 15 is 0 Å². The van der Waals surface area contributed by atoms with Gasteiger partial charge in [0.2, 0.25) is 0 Å². The molecule has 1 nitrogen and oxygen atoms in total. The van der Waals surface area contributed by atoms with Gasteiger partial charge in [-0.25, -0.2) is 0 Å². The van der Waals surface area contributed by atoms with Crippen molar-refractivity contribution < 1.29 is 0 Å². The van der Waals surface area contributed by atoms with Crippen LogP contribution in [-0.2, 0) is 12.8 Å². The minimum Gasteiger partial charge on any atom is -0.311 e. The van der Waals surface area contributed by atoms with Crippen LogP contribution in [0.4, 0.5) is 0 Å². The molecule has 0 heterocycles. The Labute approximate surface area is 125 Å². The summed E-state index contributed by atoms with van der Waals surface area (Å²) in [6.07, 6.45) is 6.49. The summed E-state index contributed by atoms with van der Waals surface area (Å²) in [5, 5.41) is 3.94. The van der Waals surface area contributed by atoms with Gasteiger partial charge in [0.25, 0.3) is 0 Å². The molecule has 1 aromatic rings. The molecule has 1 saturated carbocycles. The Morgan fingerprint density at radius 2 is 1.95 bits per heavy atom. The molecule has 1 N–H and O–H groups in total. The van der Waals surface area contributed by atoms with Crippen LogP contribution in [0, 0.1) is 11.8 Å². The summed E-state index contributed by atoms with van der Waals surface area (Å²) in [4.78, 5) is 0. The highest BCUT2D eigenvalue weighted by Gasteiger charge is 2.31. The van der Waals surface area contributed by atoms with E-state index in [1.807, 2.05) is 0 Å². The predicted octanol–water partition coefficient (Wildman–Crippen LogP) is 4.33. The van der Waals surface area contributed by atoms with Gasteiger partial charge < -0.3 is 5.32 Å². The van der Waals surface area contributed by atoms with Crippen LogP contribution < -0.4 is 5.32 Å². The Balaban J connectivity index is 1.64. The van der Waals surface area contributed by atoms with E-state index in [0.29, 0.717) is 6.04 Å². The molecule has 2 heteroatoms. The molecule has 0 aromatic heterocycles. The summed E-state index contributed by atoms with van der Waals surface area (Å²) in [5.74, 6) is 1.73. The van der Waals surface area contributed by atoms with E-state index in [0.717, 1.165) is 17.9 Å². The van der Waals surface area contributed by atoms with Gasteiger partial charge in [-0.3, -0.25) is 0 Å². The number of fused-ring (bicyclic) bond motifs is 1. The Morgan fingerprint density at radius 1 is 1.11 bits per heavy atom. The van der Waals surface area contributed by atoms with Gasteiger partial charge >= 0.3 is 0 Å². The normalized spacial score (nSPS) is 34.3. The number of nitrogens with one attached hydrogen (secondary N) is 1. The highest BCUT2D eigenvalue weighted by Crippen LogP contribution is 2.32. The molecule has 4 unspecified atom stereocenters. The average molecular weight is 322 g/mol. The molecule has 0 saturated heterocycles. The maximum atomic E-state index is 3.94. The van der Waals surface area contributed by atoms with Crippen molar-refractivity contribution in [3.63, 3.8) is 0 Å². The topological polar surface area (TPSA) is 12.0 Å². The molecule has 0 bridgehead atoms. The van der Waals surface area contributed by atoms with Crippen LogP contribution in [0.15, 0.2) is 22.7 Å². The number of halogens is 1. The Bertz CT molecular complexity index is 457. The molecule has 2 aliphatic carbocycles. The first-order valence-corrected chi connectivity index (χ1v) is 8.46. The summed E-state index contributed by atoms with van der Waals surface area (Å²) in [6.45, 7) is 4.82. The number of rotatable bonds is 2. The SMILES string of the molecule is CC1CCC(NC2CCc3cc(Br)ccc3C2)C1C. The number of benzene rings is 1. The smallest absolute Gasteiger partial charge is 0.0178 e. The lowest BCUT2D eigenvalue weighted by Gasteiger charge is -2.30. The van der Waals surface area contributed by atoms with Crippen molar-refractivity contribution in [3.05, 3.63) is 33.8 Å². The van der Waals surface area contributed by atoms with Crippen molar-refractivity contribution in [2.75, 3.05) is 0 Å². The van der Waals surface area contributed by atoms with Gasteiger partial charge in [0.1, 0.15) is 0 Å². The number of hydrogen-bond acceptors (Lipinski definition) is 1. The van der Waals surface area contributed by atoms with E-state index in [1.165, 1.54) is 36.6 Å². The molecule has 2 aliphatic rings. The van der Waals surface area contributed by atoms with E-state index in [2.05, 4.69) is 53.3 Å². The average Bonchev–Trinajstić information content (AvgIpc) is 2.71. The van der Waals surface area contributed by atoms with E-state index in [4.69, 9.17) is 0 Å². The highest BCUT2D eigenvalue weighted by atomic mass is 79.9. The fourth-order valence-electron chi connectivity index (χ4n) is 3.77. The Morgan fingerprint density at radius 3 is 2.68 bits per heavy atom. The fraction of sp³-hybridized carbons (Fsp3) is 0.647. The molecule has 3 rings (SSSR count). The van der Waals surface area contributed by atoms with Crippen LogP contribution in [0.1, 0.15) is 44.2 Å². The zero-order chi connectivity index (χ0) is 13.4. The highest BCUT2D eigenvalue weighted by molar-refractivity contribution is 9.10. The van der Waals surface area contributed by atoms with Gasteiger partial charge in [-0.05, 0) is 67.2 Å². The molecule has 1 aromatic carbocycles. The van der Waals surface area contributed by atoms with Crippen molar-refractivity contribution in [2.24, 2.45) is 11.8 Å². The maximum absolute atomic E-state index is 3.94. The predicted molar refractivity (Wildman–Crippen MR) is 84.4 cm³/mol. The molecule has 104 valence electrons. The summed E-state index contributed by atoms with van der Waals surface area (Å²) in [7, 11) is 0. The standard InChI is InChI=1S/C17H24BrN/c1-11-3-8-17(12(11)2)19-16-7-5-13-9-15(18)6-4-14(13)10-16/h4,6,9,11-12,16-17,19H,3,5,7-8,10H2,1-2H3. The van der Waals surface area contributed by atoms with Crippen LogP contribution in [-0.4, -0.2) is 12.1 Å². The van der Waals surface area contributed by atoms with Crippen LogP contribution >= 0.6 is 15.9 Å². The lowest BCUT2D eigenvalue weighted by molar-refractivity contribution is 0.322. The number of aryl methyl sites for hydroxylation is 1. The van der Waals surface area contributed by atoms with Crippen molar-refractivity contribution >= 4 is 15.9 Å². The molecule has 0 aliphatic heterocycles. The van der Waals surface area contributed by atoms with E-state index in [-0.39, 0.29) is 0 Å². The van der Waals surface area contributed by atoms with Crippen LogP contribution in [0.2, 0.25) is 0 Å². The first kappa shape index (κ1) is 13.6. The van der Waals surface area contributed by atoms with Gasteiger partial charge in [0.15, 0.2) is 0 Å². The van der Waals surface area contributed by atoms with Crippen molar-refractivity contribution in [1.82, 2.24) is 5.32 Å².